The Morgan fingerprint density at radius 1 is 1.18 bits per heavy atom. The van der Waals surface area contributed by atoms with Gasteiger partial charge >= 0.3 is 0 Å². The van der Waals surface area contributed by atoms with Crippen LogP contribution < -0.4 is 5.32 Å². The van der Waals surface area contributed by atoms with Gasteiger partial charge in [0.05, 0.1) is 11.0 Å². The lowest BCUT2D eigenvalue weighted by Crippen LogP contribution is -2.11. The fraction of sp³-hybridized carbons (Fsp3) is 0.500. The van der Waals surface area contributed by atoms with E-state index in [0.717, 1.165) is 12.1 Å². The van der Waals surface area contributed by atoms with Gasteiger partial charge in [0.2, 0.25) is 0 Å². The van der Waals surface area contributed by atoms with Crippen LogP contribution in [-0.2, 0) is 6.42 Å². The molecule has 0 atom stereocenters. The quantitative estimate of drug-likeness (QED) is 0.785. The van der Waals surface area contributed by atoms with Crippen LogP contribution in [0.2, 0.25) is 0 Å². The molecule has 0 saturated heterocycles. The molecule has 0 radical (unpaired) electrons. The van der Waals surface area contributed by atoms with E-state index in [1.54, 1.807) is 0 Å². The van der Waals surface area contributed by atoms with E-state index >= 15 is 0 Å². The Morgan fingerprint density at radius 2 is 2.12 bits per heavy atom. The molecule has 3 heteroatoms. The molecule has 0 amide bonds. The summed E-state index contributed by atoms with van der Waals surface area (Å²) in [5, 5.41) is 3.47. The maximum Gasteiger partial charge on any atom is 0.110 e. The van der Waals surface area contributed by atoms with Gasteiger partial charge in [-0.2, -0.15) is 0 Å². The van der Waals surface area contributed by atoms with Gasteiger partial charge in [-0.3, -0.25) is 0 Å². The van der Waals surface area contributed by atoms with E-state index in [4.69, 9.17) is 4.98 Å². The van der Waals surface area contributed by atoms with E-state index in [2.05, 4.69) is 22.4 Å². The number of aryl methyl sites for hydroxylation is 1. The Bertz CT molecular complexity index is 523. The number of benzene rings is 1. The molecule has 17 heavy (non-hydrogen) atoms. The lowest BCUT2D eigenvalue weighted by Gasteiger charge is -2.22. The number of aromatic amines is 1. The Hall–Kier alpha value is -1.51. The second kappa shape index (κ2) is 3.49. The summed E-state index contributed by atoms with van der Waals surface area (Å²) < 4.78 is 0. The van der Waals surface area contributed by atoms with Gasteiger partial charge in [-0.25, -0.2) is 4.98 Å². The third-order valence-electron chi connectivity index (χ3n) is 4.16. The number of hydrogen-bond donors (Lipinski definition) is 2. The summed E-state index contributed by atoms with van der Waals surface area (Å²) in [4.78, 5) is 8.26. The van der Waals surface area contributed by atoms with Crippen LogP contribution in [0.3, 0.4) is 0 Å². The van der Waals surface area contributed by atoms with Crippen molar-refractivity contribution < 1.29 is 0 Å². The molecule has 1 aromatic heterocycles. The fourth-order valence-corrected chi connectivity index (χ4v) is 2.87. The highest BCUT2D eigenvalue weighted by Crippen LogP contribution is 2.36. The fourth-order valence-electron chi connectivity index (χ4n) is 2.87. The zero-order valence-electron chi connectivity index (χ0n) is 9.92. The SMILES string of the molecule is c1c2c(cc3[nH]c(C4CCC4)nc13)CCCN2. The Balaban J connectivity index is 1.83. The number of hydrogen-bond acceptors (Lipinski definition) is 2. The van der Waals surface area contributed by atoms with Gasteiger partial charge in [0.1, 0.15) is 5.82 Å². The minimum absolute atomic E-state index is 0.687. The highest BCUT2D eigenvalue weighted by Gasteiger charge is 2.23. The van der Waals surface area contributed by atoms with Crippen molar-refractivity contribution in [3.63, 3.8) is 0 Å². The molecule has 1 fully saturated rings. The summed E-state index contributed by atoms with van der Waals surface area (Å²) in [5.74, 6) is 1.89. The van der Waals surface area contributed by atoms with Gasteiger partial charge in [-0.05, 0) is 43.4 Å². The zero-order chi connectivity index (χ0) is 11.2. The van der Waals surface area contributed by atoms with Gasteiger partial charge in [-0.1, -0.05) is 6.42 Å². The normalized spacial score (nSPS) is 19.8. The first kappa shape index (κ1) is 9.51. The van der Waals surface area contributed by atoms with Crippen LogP contribution >= 0.6 is 0 Å². The number of imidazole rings is 1. The van der Waals surface area contributed by atoms with Gasteiger partial charge in [0.25, 0.3) is 0 Å². The average molecular weight is 227 g/mol. The van der Waals surface area contributed by atoms with Crippen LogP contribution in [0.5, 0.6) is 0 Å². The zero-order valence-corrected chi connectivity index (χ0v) is 9.92. The first-order valence-corrected chi connectivity index (χ1v) is 6.66. The maximum absolute atomic E-state index is 4.75. The molecule has 1 saturated carbocycles. The van der Waals surface area contributed by atoms with Crippen molar-refractivity contribution in [1.82, 2.24) is 9.97 Å². The van der Waals surface area contributed by atoms with Crippen molar-refractivity contribution in [3.05, 3.63) is 23.5 Å². The van der Waals surface area contributed by atoms with Crippen molar-refractivity contribution in [2.24, 2.45) is 0 Å². The number of nitrogens with one attached hydrogen (secondary N) is 2. The van der Waals surface area contributed by atoms with Crippen LogP contribution in [0.15, 0.2) is 12.1 Å². The average Bonchev–Trinajstić information content (AvgIpc) is 2.65. The van der Waals surface area contributed by atoms with E-state index in [0.29, 0.717) is 5.92 Å². The Morgan fingerprint density at radius 3 is 2.94 bits per heavy atom. The number of H-pyrrole nitrogens is 1. The maximum atomic E-state index is 4.75. The molecule has 2 aliphatic rings. The molecular weight excluding hydrogens is 210 g/mol. The molecule has 88 valence electrons. The van der Waals surface area contributed by atoms with Crippen LogP contribution in [0.25, 0.3) is 11.0 Å². The van der Waals surface area contributed by atoms with Crippen molar-refractivity contribution in [1.29, 1.82) is 0 Å². The lowest BCUT2D eigenvalue weighted by atomic mass is 9.85. The predicted molar refractivity (Wildman–Crippen MR) is 69.5 cm³/mol. The highest BCUT2D eigenvalue weighted by molar-refractivity contribution is 5.82. The Labute approximate surface area is 101 Å². The van der Waals surface area contributed by atoms with Crippen LogP contribution in [-0.4, -0.2) is 16.5 Å². The first-order chi connectivity index (χ1) is 8.40. The summed E-state index contributed by atoms with van der Waals surface area (Å²) in [7, 11) is 0. The van der Waals surface area contributed by atoms with Gasteiger partial charge in [0, 0.05) is 18.2 Å². The molecule has 2 N–H and O–H groups in total. The minimum Gasteiger partial charge on any atom is -0.385 e. The number of rotatable bonds is 1. The number of fused-ring (bicyclic) bond motifs is 2. The highest BCUT2D eigenvalue weighted by atomic mass is 14.9. The van der Waals surface area contributed by atoms with Gasteiger partial charge in [0.15, 0.2) is 0 Å². The van der Waals surface area contributed by atoms with Gasteiger partial charge < -0.3 is 10.3 Å². The van der Waals surface area contributed by atoms with Crippen molar-refractivity contribution in [2.75, 3.05) is 11.9 Å². The largest absolute Gasteiger partial charge is 0.385 e. The molecular formula is C14H17N3. The third-order valence-corrected chi connectivity index (χ3v) is 4.16. The Kier molecular flexibility index (Phi) is 1.95. The van der Waals surface area contributed by atoms with E-state index in [9.17, 15) is 0 Å². The van der Waals surface area contributed by atoms with Crippen molar-refractivity contribution in [3.8, 4) is 0 Å². The molecule has 2 heterocycles. The molecule has 4 rings (SSSR count). The van der Waals surface area contributed by atoms with E-state index in [-0.39, 0.29) is 0 Å². The van der Waals surface area contributed by atoms with Crippen LogP contribution in [0.4, 0.5) is 5.69 Å². The van der Waals surface area contributed by atoms with Gasteiger partial charge in [-0.15, -0.1) is 0 Å². The molecule has 1 aliphatic heterocycles. The lowest BCUT2D eigenvalue weighted by molar-refractivity contribution is 0.405. The second-order valence-electron chi connectivity index (χ2n) is 5.31. The monoisotopic (exact) mass is 227 g/mol. The van der Waals surface area contributed by atoms with Crippen LogP contribution in [0.1, 0.15) is 43.0 Å². The minimum atomic E-state index is 0.687. The third kappa shape index (κ3) is 1.45. The van der Waals surface area contributed by atoms with Crippen molar-refractivity contribution in [2.45, 2.75) is 38.0 Å². The van der Waals surface area contributed by atoms with E-state index in [1.807, 2.05) is 0 Å². The van der Waals surface area contributed by atoms with Crippen LogP contribution in [0, 0.1) is 0 Å². The number of aromatic nitrogens is 2. The molecule has 0 spiro atoms. The number of nitrogens with zero attached hydrogens (tertiary/aromatic N) is 1. The van der Waals surface area contributed by atoms with E-state index in [1.165, 1.54) is 54.7 Å². The summed E-state index contributed by atoms with van der Waals surface area (Å²) in [6, 6.07) is 4.49. The molecule has 0 unspecified atom stereocenters. The molecule has 2 aromatic rings. The summed E-state index contributed by atoms with van der Waals surface area (Å²) in [5.41, 5.74) is 5.07. The predicted octanol–water partition coefficient (Wildman–Crippen LogP) is 3.19. The van der Waals surface area contributed by atoms with Crippen molar-refractivity contribution >= 4 is 16.7 Å². The summed E-state index contributed by atoms with van der Waals surface area (Å²) in [6.45, 7) is 1.10. The van der Waals surface area contributed by atoms with E-state index < -0.39 is 0 Å². The molecule has 3 nitrogen and oxygen atoms in total. The summed E-state index contributed by atoms with van der Waals surface area (Å²) in [6.07, 6.45) is 6.40. The standard InChI is InChI=1S/C14H17N3/c1-3-9(4-1)14-16-12-7-10-5-2-6-15-11(10)8-13(12)17-14/h7-9,15H,1-6H2,(H,16,17). The second-order valence-corrected chi connectivity index (χ2v) is 5.31. The first-order valence-electron chi connectivity index (χ1n) is 6.66. The number of anilines is 1. The molecule has 0 bridgehead atoms. The molecule has 1 aliphatic carbocycles. The topological polar surface area (TPSA) is 40.7 Å². The molecule has 1 aromatic carbocycles. The summed E-state index contributed by atoms with van der Waals surface area (Å²) >= 11 is 0. The smallest absolute Gasteiger partial charge is 0.110 e.